The molecule has 1 N–H and O–H groups in total. The van der Waals surface area contributed by atoms with Gasteiger partial charge in [0.1, 0.15) is 0 Å². The Labute approximate surface area is 214 Å². The van der Waals surface area contributed by atoms with Crippen LogP contribution in [-0.4, -0.2) is 18.6 Å². The fourth-order valence-electron chi connectivity index (χ4n) is 9.19. The standard InChI is InChI=1S/C27H46I2O/c1-17(2)7-6-8-18(3)21-9-10-22-20-15-24(28)27(29)16-19(30)11-14-26(27,5)23(20)12-13-25(21,22)4/h17-24,30H,6-16H2,1-5H3/t18-,19?,20+,21-,22+,23+,24?,25-,26-,27?/m1/s1. The van der Waals surface area contributed by atoms with Crippen LogP contribution in [0.2, 0.25) is 0 Å². The first kappa shape index (κ1) is 24.5. The predicted molar refractivity (Wildman–Crippen MR) is 146 cm³/mol. The fourth-order valence-corrected chi connectivity index (χ4v) is 12.2. The molecule has 4 fully saturated rings. The van der Waals surface area contributed by atoms with Gasteiger partial charge in [-0.15, -0.1) is 0 Å². The van der Waals surface area contributed by atoms with Crippen molar-refractivity contribution in [2.75, 3.05) is 0 Å². The molecule has 3 unspecified atom stereocenters. The molecule has 0 aliphatic heterocycles. The second kappa shape index (κ2) is 8.89. The molecule has 0 aromatic rings. The molecule has 30 heavy (non-hydrogen) atoms. The minimum atomic E-state index is -0.0693. The molecule has 4 aliphatic carbocycles. The maximum absolute atomic E-state index is 10.5. The molecule has 0 heterocycles. The van der Waals surface area contributed by atoms with Crippen LogP contribution in [-0.2, 0) is 0 Å². The average molecular weight is 640 g/mol. The topological polar surface area (TPSA) is 20.2 Å². The van der Waals surface area contributed by atoms with E-state index in [1.54, 1.807) is 0 Å². The van der Waals surface area contributed by atoms with Crippen molar-refractivity contribution in [3.8, 4) is 0 Å². The van der Waals surface area contributed by atoms with Crippen molar-refractivity contribution in [2.24, 2.45) is 46.3 Å². The molecular formula is C27H46I2O. The lowest BCUT2D eigenvalue weighted by Gasteiger charge is -2.66. The zero-order valence-corrected chi connectivity index (χ0v) is 24.4. The van der Waals surface area contributed by atoms with Gasteiger partial charge < -0.3 is 5.11 Å². The van der Waals surface area contributed by atoms with Gasteiger partial charge in [-0.1, -0.05) is 99.1 Å². The van der Waals surface area contributed by atoms with E-state index >= 15 is 0 Å². The van der Waals surface area contributed by atoms with Crippen molar-refractivity contribution in [2.45, 2.75) is 119 Å². The zero-order chi connectivity index (χ0) is 21.9. The summed E-state index contributed by atoms with van der Waals surface area (Å²) in [7, 11) is 0. The van der Waals surface area contributed by atoms with E-state index in [9.17, 15) is 5.11 Å². The Morgan fingerprint density at radius 3 is 2.40 bits per heavy atom. The van der Waals surface area contributed by atoms with Crippen LogP contribution in [0.4, 0.5) is 0 Å². The summed E-state index contributed by atoms with van der Waals surface area (Å²) in [6.07, 6.45) is 14.8. The Bertz CT molecular complexity index is 622. The molecule has 0 spiro atoms. The molecule has 1 nitrogen and oxygen atoms in total. The quantitative estimate of drug-likeness (QED) is 0.236. The molecule has 4 aliphatic rings. The number of aliphatic hydroxyl groups is 1. The van der Waals surface area contributed by atoms with E-state index in [0.29, 0.717) is 18.2 Å². The smallest absolute Gasteiger partial charge is 0.0553 e. The number of rotatable bonds is 5. The third-order valence-electron chi connectivity index (χ3n) is 10.9. The Balaban J connectivity index is 1.53. The van der Waals surface area contributed by atoms with Gasteiger partial charge in [-0.25, -0.2) is 0 Å². The normalized spacial score (nSPS) is 51.9. The second-order valence-corrected chi connectivity index (χ2v) is 16.2. The van der Waals surface area contributed by atoms with Crippen molar-refractivity contribution in [3.63, 3.8) is 0 Å². The minimum Gasteiger partial charge on any atom is -0.393 e. The van der Waals surface area contributed by atoms with Gasteiger partial charge in [-0.2, -0.15) is 0 Å². The summed E-state index contributed by atoms with van der Waals surface area (Å²) in [5.74, 6) is 5.48. The van der Waals surface area contributed by atoms with Crippen LogP contribution in [0.5, 0.6) is 0 Å². The van der Waals surface area contributed by atoms with Gasteiger partial charge in [0.05, 0.1) is 6.10 Å². The fraction of sp³-hybridized carbons (Fsp3) is 1.00. The lowest BCUT2D eigenvalue weighted by molar-refractivity contribution is -0.107. The zero-order valence-electron chi connectivity index (χ0n) is 20.1. The molecule has 0 aromatic heterocycles. The summed E-state index contributed by atoms with van der Waals surface area (Å²) < 4.78 is 1.00. The number of hydrogen-bond donors (Lipinski definition) is 1. The van der Waals surface area contributed by atoms with Crippen LogP contribution in [0, 0.1) is 46.3 Å². The van der Waals surface area contributed by atoms with Gasteiger partial charge in [0, 0.05) is 7.35 Å². The summed E-state index contributed by atoms with van der Waals surface area (Å²) in [5.41, 5.74) is 1.01. The third-order valence-corrected chi connectivity index (χ3v) is 16.1. The third kappa shape index (κ3) is 3.86. The van der Waals surface area contributed by atoms with E-state index in [2.05, 4.69) is 79.8 Å². The Kier molecular flexibility index (Phi) is 7.27. The number of hydrogen-bond acceptors (Lipinski definition) is 1. The molecule has 4 saturated carbocycles. The molecule has 4 rings (SSSR count). The molecule has 0 saturated heterocycles. The van der Waals surface area contributed by atoms with Gasteiger partial charge in [0.2, 0.25) is 0 Å². The van der Waals surface area contributed by atoms with Crippen molar-refractivity contribution < 1.29 is 5.11 Å². The lowest BCUT2D eigenvalue weighted by atomic mass is 9.44. The van der Waals surface area contributed by atoms with Crippen LogP contribution in [0.25, 0.3) is 0 Å². The molecule has 0 radical (unpaired) electrons. The Morgan fingerprint density at radius 1 is 0.967 bits per heavy atom. The van der Waals surface area contributed by atoms with Gasteiger partial charge in [-0.3, -0.25) is 0 Å². The van der Waals surface area contributed by atoms with Gasteiger partial charge in [0.25, 0.3) is 0 Å². The van der Waals surface area contributed by atoms with Crippen molar-refractivity contribution in [1.82, 2.24) is 0 Å². The predicted octanol–water partition coefficient (Wildman–Crippen LogP) is 8.44. The van der Waals surface area contributed by atoms with Crippen LogP contribution in [0.1, 0.15) is 105 Å². The Hall–Kier alpha value is 1.42. The number of fused-ring (bicyclic) bond motifs is 5. The molecule has 174 valence electrons. The van der Waals surface area contributed by atoms with E-state index in [4.69, 9.17) is 0 Å². The first-order chi connectivity index (χ1) is 14.0. The van der Waals surface area contributed by atoms with Crippen molar-refractivity contribution in [1.29, 1.82) is 0 Å². The molecular weight excluding hydrogens is 594 g/mol. The van der Waals surface area contributed by atoms with E-state index in [0.717, 1.165) is 48.3 Å². The van der Waals surface area contributed by atoms with E-state index in [1.165, 1.54) is 57.8 Å². The van der Waals surface area contributed by atoms with Crippen LogP contribution in [0.3, 0.4) is 0 Å². The maximum Gasteiger partial charge on any atom is 0.0553 e. The summed E-state index contributed by atoms with van der Waals surface area (Å²) >= 11 is 5.63. The molecule has 0 amide bonds. The number of alkyl halides is 2. The lowest BCUT2D eigenvalue weighted by Crippen LogP contribution is -2.64. The van der Waals surface area contributed by atoms with Gasteiger partial charge >= 0.3 is 0 Å². The first-order valence-corrected chi connectivity index (χ1v) is 15.4. The van der Waals surface area contributed by atoms with Crippen molar-refractivity contribution in [3.05, 3.63) is 0 Å². The molecule has 3 heteroatoms. The van der Waals surface area contributed by atoms with Gasteiger partial charge in [-0.05, 0) is 97.7 Å². The average Bonchev–Trinajstić information content (AvgIpc) is 3.01. The van der Waals surface area contributed by atoms with Gasteiger partial charge in [0.15, 0.2) is 0 Å². The highest BCUT2D eigenvalue weighted by Crippen LogP contribution is 2.71. The van der Waals surface area contributed by atoms with Crippen molar-refractivity contribution >= 4 is 45.2 Å². The first-order valence-electron chi connectivity index (χ1n) is 13.0. The maximum atomic E-state index is 10.5. The van der Waals surface area contributed by atoms with E-state index < -0.39 is 0 Å². The summed E-state index contributed by atoms with van der Waals surface area (Å²) in [4.78, 5) is 0. The Morgan fingerprint density at radius 2 is 1.70 bits per heavy atom. The largest absolute Gasteiger partial charge is 0.393 e. The van der Waals surface area contributed by atoms with Crippen LogP contribution in [0.15, 0.2) is 0 Å². The highest BCUT2D eigenvalue weighted by molar-refractivity contribution is 14.1. The second-order valence-electron chi connectivity index (χ2n) is 12.8. The molecule has 10 atom stereocenters. The summed E-state index contributed by atoms with van der Waals surface area (Å²) in [6, 6.07) is 0. The number of halogens is 2. The summed E-state index contributed by atoms with van der Waals surface area (Å²) in [6.45, 7) is 12.7. The molecule has 0 bridgehead atoms. The van der Waals surface area contributed by atoms with E-state index in [1.807, 2.05) is 0 Å². The molecule has 0 aromatic carbocycles. The highest BCUT2D eigenvalue weighted by Gasteiger charge is 2.66. The number of aliphatic hydroxyl groups excluding tert-OH is 1. The summed E-state index contributed by atoms with van der Waals surface area (Å²) in [5, 5.41) is 10.5. The van der Waals surface area contributed by atoms with Crippen LogP contribution < -0.4 is 0 Å². The SMILES string of the molecule is CC(C)CCC[C@@H](C)[C@H]1CC[C@H]2[C@@H]3CC(I)C4(I)CC(O)CC[C@]4(C)[C@H]3CC[C@]12C. The van der Waals surface area contributed by atoms with Crippen LogP contribution >= 0.6 is 45.2 Å². The minimum absolute atomic E-state index is 0.0693. The van der Waals surface area contributed by atoms with E-state index in [-0.39, 0.29) is 6.10 Å². The highest BCUT2D eigenvalue weighted by atomic mass is 127. The monoisotopic (exact) mass is 640 g/mol.